The van der Waals surface area contributed by atoms with Gasteiger partial charge in [0.15, 0.2) is 0 Å². The molecule has 11 heavy (non-hydrogen) atoms. The minimum atomic E-state index is -0.584. The van der Waals surface area contributed by atoms with Crippen LogP contribution in [-0.2, 0) is 4.74 Å². The van der Waals surface area contributed by atoms with Crippen molar-refractivity contribution in [2.75, 3.05) is 6.61 Å². The first kappa shape index (κ1) is 9.97. The SMILES string of the molecule is C=C(C)OC(=O)N[C@H](C)CO. The number of amides is 1. The standard InChI is InChI=1S/C7H13NO3/c1-5(2)11-7(10)8-6(3)4-9/h6,9H,1,4H2,2-3H3,(H,8,10)/t6-/m1/s1. The summed E-state index contributed by atoms with van der Waals surface area (Å²) >= 11 is 0. The summed E-state index contributed by atoms with van der Waals surface area (Å²) in [6.07, 6.45) is -0.584. The molecule has 0 aliphatic heterocycles. The van der Waals surface area contributed by atoms with E-state index in [0.717, 1.165) is 0 Å². The molecule has 1 atom stereocenters. The molecule has 0 rings (SSSR count). The highest BCUT2D eigenvalue weighted by Gasteiger charge is 2.05. The van der Waals surface area contributed by atoms with Crippen molar-refractivity contribution < 1.29 is 14.6 Å². The number of hydrogen-bond donors (Lipinski definition) is 2. The summed E-state index contributed by atoms with van der Waals surface area (Å²) in [6.45, 7) is 6.52. The van der Waals surface area contributed by atoms with E-state index in [1.165, 1.54) is 0 Å². The molecule has 1 amide bonds. The molecule has 0 aliphatic rings. The summed E-state index contributed by atoms with van der Waals surface area (Å²) < 4.78 is 4.57. The second kappa shape index (κ2) is 4.73. The van der Waals surface area contributed by atoms with Crippen LogP contribution in [0.25, 0.3) is 0 Å². The maximum atomic E-state index is 10.7. The number of rotatable bonds is 3. The quantitative estimate of drug-likeness (QED) is 0.594. The number of allylic oxidation sites excluding steroid dienone is 1. The van der Waals surface area contributed by atoms with E-state index in [2.05, 4.69) is 16.6 Å². The minimum Gasteiger partial charge on any atom is -0.416 e. The fourth-order valence-electron chi connectivity index (χ4n) is 0.435. The maximum absolute atomic E-state index is 10.7. The number of carbonyl (C=O) groups excluding carboxylic acids is 1. The van der Waals surface area contributed by atoms with Gasteiger partial charge in [-0.3, -0.25) is 0 Å². The van der Waals surface area contributed by atoms with Gasteiger partial charge < -0.3 is 15.2 Å². The molecule has 0 saturated heterocycles. The summed E-state index contributed by atoms with van der Waals surface area (Å²) in [5.41, 5.74) is 0. The Kier molecular flexibility index (Phi) is 4.29. The van der Waals surface area contributed by atoms with Crippen molar-refractivity contribution in [3.8, 4) is 0 Å². The Morgan fingerprint density at radius 2 is 2.36 bits per heavy atom. The predicted octanol–water partition coefficient (Wildman–Crippen LogP) is 0.627. The molecule has 0 radical (unpaired) electrons. The first-order chi connectivity index (χ1) is 5.06. The first-order valence-corrected chi connectivity index (χ1v) is 3.31. The fourth-order valence-corrected chi connectivity index (χ4v) is 0.435. The Balaban J connectivity index is 3.60. The van der Waals surface area contributed by atoms with Gasteiger partial charge in [-0.25, -0.2) is 4.79 Å². The van der Waals surface area contributed by atoms with Crippen molar-refractivity contribution in [3.63, 3.8) is 0 Å². The monoisotopic (exact) mass is 159 g/mol. The van der Waals surface area contributed by atoms with Gasteiger partial charge in [0.2, 0.25) is 0 Å². The molecular formula is C7H13NO3. The molecule has 0 aromatic rings. The van der Waals surface area contributed by atoms with Gasteiger partial charge in [0, 0.05) is 0 Å². The number of aliphatic hydroxyl groups is 1. The zero-order chi connectivity index (χ0) is 8.85. The van der Waals surface area contributed by atoms with Crippen LogP contribution in [0.2, 0.25) is 0 Å². The van der Waals surface area contributed by atoms with E-state index in [9.17, 15) is 4.79 Å². The zero-order valence-electron chi connectivity index (χ0n) is 6.76. The van der Waals surface area contributed by atoms with Crippen molar-refractivity contribution in [1.29, 1.82) is 0 Å². The van der Waals surface area contributed by atoms with Gasteiger partial charge in [-0.05, 0) is 13.8 Å². The van der Waals surface area contributed by atoms with Crippen LogP contribution in [0.3, 0.4) is 0 Å². The Bertz CT molecular complexity index is 156. The third-order valence-electron chi connectivity index (χ3n) is 0.905. The molecule has 0 fully saturated rings. The summed E-state index contributed by atoms with van der Waals surface area (Å²) in [6, 6.07) is -0.290. The van der Waals surface area contributed by atoms with Crippen molar-refractivity contribution in [3.05, 3.63) is 12.3 Å². The highest BCUT2D eigenvalue weighted by atomic mass is 16.6. The van der Waals surface area contributed by atoms with E-state index in [1.54, 1.807) is 13.8 Å². The summed E-state index contributed by atoms with van der Waals surface area (Å²) in [5, 5.41) is 10.9. The summed E-state index contributed by atoms with van der Waals surface area (Å²) in [5.74, 6) is 0.327. The average Bonchev–Trinajstić information content (AvgIpc) is 1.85. The van der Waals surface area contributed by atoms with Crippen molar-refractivity contribution in [1.82, 2.24) is 5.32 Å². The molecule has 2 N–H and O–H groups in total. The van der Waals surface area contributed by atoms with Gasteiger partial charge in [0.05, 0.1) is 18.4 Å². The Morgan fingerprint density at radius 3 is 2.73 bits per heavy atom. The lowest BCUT2D eigenvalue weighted by atomic mass is 10.4. The molecule has 0 saturated carbocycles. The van der Waals surface area contributed by atoms with Crippen LogP contribution in [0.1, 0.15) is 13.8 Å². The van der Waals surface area contributed by atoms with Crippen LogP contribution < -0.4 is 5.32 Å². The Hall–Kier alpha value is -1.03. The molecule has 0 bridgehead atoms. The molecule has 0 spiro atoms. The van der Waals surface area contributed by atoms with Crippen LogP contribution in [-0.4, -0.2) is 23.8 Å². The van der Waals surface area contributed by atoms with E-state index in [1.807, 2.05) is 0 Å². The van der Waals surface area contributed by atoms with Crippen molar-refractivity contribution >= 4 is 6.09 Å². The van der Waals surface area contributed by atoms with Crippen LogP contribution in [0.5, 0.6) is 0 Å². The number of aliphatic hydroxyl groups excluding tert-OH is 1. The van der Waals surface area contributed by atoms with Gasteiger partial charge in [-0.1, -0.05) is 6.58 Å². The molecule has 0 aromatic carbocycles. The molecular weight excluding hydrogens is 146 g/mol. The van der Waals surface area contributed by atoms with Gasteiger partial charge in [-0.15, -0.1) is 0 Å². The third-order valence-corrected chi connectivity index (χ3v) is 0.905. The lowest BCUT2D eigenvalue weighted by Crippen LogP contribution is -2.35. The van der Waals surface area contributed by atoms with Crippen LogP contribution in [0, 0.1) is 0 Å². The number of hydrogen-bond acceptors (Lipinski definition) is 3. The minimum absolute atomic E-state index is 0.106. The molecule has 0 heterocycles. The van der Waals surface area contributed by atoms with Gasteiger partial charge in [0.1, 0.15) is 0 Å². The van der Waals surface area contributed by atoms with E-state index >= 15 is 0 Å². The Morgan fingerprint density at radius 1 is 1.82 bits per heavy atom. The number of ether oxygens (including phenoxy) is 1. The van der Waals surface area contributed by atoms with Crippen LogP contribution in [0.4, 0.5) is 4.79 Å². The van der Waals surface area contributed by atoms with Gasteiger partial charge >= 0.3 is 6.09 Å². The smallest absolute Gasteiger partial charge is 0.412 e. The zero-order valence-corrected chi connectivity index (χ0v) is 6.76. The number of alkyl carbamates (subject to hydrolysis) is 1. The van der Waals surface area contributed by atoms with Crippen LogP contribution >= 0.6 is 0 Å². The number of carbonyl (C=O) groups is 1. The molecule has 4 heteroatoms. The highest BCUT2D eigenvalue weighted by Crippen LogP contribution is 1.91. The molecule has 64 valence electrons. The molecule has 0 unspecified atom stereocenters. The average molecular weight is 159 g/mol. The molecule has 4 nitrogen and oxygen atoms in total. The second-order valence-corrected chi connectivity index (χ2v) is 2.32. The summed E-state index contributed by atoms with van der Waals surface area (Å²) in [7, 11) is 0. The maximum Gasteiger partial charge on any atom is 0.412 e. The predicted molar refractivity (Wildman–Crippen MR) is 41.0 cm³/mol. The largest absolute Gasteiger partial charge is 0.416 e. The highest BCUT2D eigenvalue weighted by molar-refractivity contribution is 5.68. The van der Waals surface area contributed by atoms with E-state index in [-0.39, 0.29) is 12.6 Å². The van der Waals surface area contributed by atoms with E-state index in [0.29, 0.717) is 5.76 Å². The Labute approximate surface area is 65.9 Å². The summed E-state index contributed by atoms with van der Waals surface area (Å²) in [4.78, 5) is 10.7. The number of nitrogens with one attached hydrogen (secondary N) is 1. The lowest BCUT2D eigenvalue weighted by Gasteiger charge is -2.10. The molecule has 0 aliphatic carbocycles. The van der Waals surface area contributed by atoms with Gasteiger partial charge in [-0.2, -0.15) is 0 Å². The normalized spacial score (nSPS) is 11.9. The first-order valence-electron chi connectivity index (χ1n) is 3.31. The molecule has 0 aromatic heterocycles. The van der Waals surface area contributed by atoms with E-state index in [4.69, 9.17) is 5.11 Å². The van der Waals surface area contributed by atoms with E-state index < -0.39 is 6.09 Å². The second-order valence-electron chi connectivity index (χ2n) is 2.32. The van der Waals surface area contributed by atoms with Crippen molar-refractivity contribution in [2.24, 2.45) is 0 Å². The van der Waals surface area contributed by atoms with Crippen LogP contribution in [0.15, 0.2) is 12.3 Å². The van der Waals surface area contributed by atoms with Crippen molar-refractivity contribution in [2.45, 2.75) is 19.9 Å². The lowest BCUT2D eigenvalue weighted by molar-refractivity contribution is 0.164. The fraction of sp³-hybridized carbons (Fsp3) is 0.571. The topological polar surface area (TPSA) is 58.6 Å². The third kappa shape index (κ3) is 5.42. The van der Waals surface area contributed by atoms with Gasteiger partial charge in [0.25, 0.3) is 0 Å².